The van der Waals surface area contributed by atoms with Crippen molar-refractivity contribution in [2.75, 3.05) is 11.5 Å². The fourth-order valence-corrected chi connectivity index (χ4v) is 2.57. The van der Waals surface area contributed by atoms with Gasteiger partial charge in [-0.25, -0.2) is 0 Å². The minimum absolute atomic E-state index is 0.148. The third-order valence-corrected chi connectivity index (χ3v) is 4.19. The molecule has 0 bridgehead atoms. The average molecular weight is 286 g/mol. The molecule has 6 N–H and O–H groups in total. The highest BCUT2D eigenvalue weighted by atomic mass is 16.3. The lowest BCUT2D eigenvalue weighted by Gasteiger charge is -2.16. The number of phenolic OH excluding ortho intramolecular Hbond substituents is 2. The topological polar surface area (TPSA) is 92.5 Å². The first-order chi connectivity index (χ1) is 9.73. The van der Waals surface area contributed by atoms with Crippen LogP contribution in [0.25, 0.3) is 0 Å². The van der Waals surface area contributed by atoms with Crippen molar-refractivity contribution < 1.29 is 10.2 Å². The van der Waals surface area contributed by atoms with Crippen molar-refractivity contribution in [2.45, 2.75) is 34.1 Å². The van der Waals surface area contributed by atoms with E-state index in [0.29, 0.717) is 17.8 Å². The van der Waals surface area contributed by atoms with Gasteiger partial charge in [0.2, 0.25) is 0 Å². The highest BCUT2D eigenvalue weighted by Gasteiger charge is 2.14. The Morgan fingerprint density at radius 3 is 1.43 bits per heavy atom. The third-order valence-electron chi connectivity index (χ3n) is 4.19. The zero-order valence-corrected chi connectivity index (χ0v) is 12.9. The molecule has 2 aromatic rings. The summed E-state index contributed by atoms with van der Waals surface area (Å²) in [6.07, 6.45) is 0.661. The molecule has 0 spiro atoms. The van der Waals surface area contributed by atoms with Gasteiger partial charge in [0.15, 0.2) is 0 Å². The van der Waals surface area contributed by atoms with Gasteiger partial charge in [-0.15, -0.1) is 0 Å². The number of phenols is 2. The van der Waals surface area contributed by atoms with E-state index in [1.807, 2.05) is 39.8 Å². The fourth-order valence-electron chi connectivity index (χ4n) is 2.57. The summed E-state index contributed by atoms with van der Waals surface area (Å²) in [6.45, 7) is 7.46. The van der Waals surface area contributed by atoms with Crippen molar-refractivity contribution >= 4 is 11.4 Å². The Kier molecular flexibility index (Phi) is 3.73. The van der Waals surface area contributed by atoms with Gasteiger partial charge in [-0.2, -0.15) is 0 Å². The Morgan fingerprint density at radius 1 is 0.762 bits per heavy atom. The van der Waals surface area contributed by atoms with Crippen LogP contribution >= 0.6 is 0 Å². The number of aryl methyl sites for hydroxylation is 2. The molecule has 0 unspecified atom stereocenters. The van der Waals surface area contributed by atoms with Gasteiger partial charge in [-0.1, -0.05) is 12.1 Å². The molecular weight excluding hydrogens is 264 g/mol. The summed E-state index contributed by atoms with van der Waals surface area (Å²) < 4.78 is 0. The van der Waals surface area contributed by atoms with Gasteiger partial charge in [0, 0.05) is 0 Å². The van der Waals surface area contributed by atoms with Crippen molar-refractivity contribution in [3.8, 4) is 11.5 Å². The van der Waals surface area contributed by atoms with Gasteiger partial charge in [0.05, 0.1) is 11.4 Å². The van der Waals surface area contributed by atoms with E-state index >= 15 is 0 Å². The molecule has 0 fully saturated rings. The van der Waals surface area contributed by atoms with Crippen LogP contribution in [-0.2, 0) is 6.42 Å². The molecule has 21 heavy (non-hydrogen) atoms. The molecule has 0 saturated heterocycles. The maximum Gasteiger partial charge on any atom is 0.141 e. The van der Waals surface area contributed by atoms with Crippen LogP contribution in [0.2, 0.25) is 0 Å². The van der Waals surface area contributed by atoms with Crippen LogP contribution in [0.5, 0.6) is 11.5 Å². The van der Waals surface area contributed by atoms with Gasteiger partial charge in [0.25, 0.3) is 0 Å². The quantitative estimate of drug-likeness (QED) is 0.504. The number of hydrogen-bond acceptors (Lipinski definition) is 4. The first kappa shape index (κ1) is 15.0. The second-order valence-electron chi connectivity index (χ2n) is 5.66. The molecule has 0 aliphatic rings. The molecule has 2 aromatic carbocycles. The van der Waals surface area contributed by atoms with Crippen LogP contribution < -0.4 is 11.5 Å². The van der Waals surface area contributed by atoms with E-state index in [9.17, 15) is 10.2 Å². The highest BCUT2D eigenvalue weighted by molar-refractivity contribution is 5.66. The van der Waals surface area contributed by atoms with Crippen molar-refractivity contribution in [2.24, 2.45) is 0 Å². The molecule has 0 aromatic heterocycles. The van der Waals surface area contributed by atoms with Gasteiger partial charge in [-0.3, -0.25) is 0 Å². The zero-order valence-electron chi connectivity index (χ0n) is 12.9. The summed E-state index contributed by atoms with van der Waals surface area (Å²) in [5.41, 5.74) is 18.1. The second-order valence-corrected chi connectivity index (χ2v) is 5.66. The largest absolute Gasteiger partial charge is 0.506 e. The van der Waals surface area contributed by atoms with Crippen LogP contribution in [0.3, 0.4) is 0 Å². The molecule has 4 heteroatoms. The van der Waals surface area contributed by atoms with Crippen LogP contribution in [0.15, 0.2) is 12.1 Å². The van der Waals surface area contributed by atoms with E-state index in [1.165, 1.54) is 0 Å². The van der Waals surface area contributed by atoms with Crippen molar-refractivity contribution in [3.05, 3.63) is 45.5 Å². The van der Waals surface area contributed by atoms with Gasteiger partial charge >= 0.3 is 0 Å². The van der Waals surface area contributed by atoms with Crippen molar-refractivity contribution in [1.82, 2.24) is 0 Å². The molecule has 0 amide bonds. The predicted octanol–water partition coefficient (Wildman–Crippen LogP) is 3.09. The molecule has 0 radical (unpaired) electrons. The number of nitrogens with two attached hydrogens (primary N) is 2. The van der Waals surface area contributed by atoms with Crippen LogP contribution in [0.4, 0.5) is 11.4 Å². The summed E-state index contributed by atoms with van der Waals surface area (Å²) in [4.78, 5) is 0. The summed E-state index contributed by atoms with van der Waals surface area (Å²) in [5.74, 6) is 0.295. The number of benzene rings is 2. The summed E-state index contributed by atoms with van der Waals surface area (Å²) in [6, 6.07) is 3.89. The smallest absolute Gasteiger partial charge is 0.141 e. The Labute approximate surface area is 125 Å². The minimum Gasteiger partial charge on any atom is -0.506 e. The van der Waals surface area contributed by atoms with E-state index in [-0.39, 0.29) is 11.5 Å². The number of rotatable bonds is 2. The number of anilines is 2. The SMILES string of the molecule is Cc1cc(Cc2cc(C)c(O)c(N)c2C)c(C)c(N)c1O. The average Bonchev–Trinajstić information content (AvgIpc) is 2.45. The zero-order chi connectivity index (χ0) is 15.9. The van der Waals surface area contributed by atoms with Gasteiger partial charge in [-0.05, 0) is 67.5 Å². The molecule has 0 atom stereocenters. The highest BCUT2D eigenvalue weighted by Crippen LogP contribution is 2.35. The Bertz CT molecular complexity index is 660. The lowest BCUT2D eigenvalue weighted by Crippen LogP contribution is -2.03. The molecule has 2 rings (SSSR count). The van der Waals surface area contributed by atoms with Gasteiger partial charge in [0.1, 0.15) is 11.5 Å². The van der Waals surface area contributed by atoms with E-state index in [0.717, 1.165) is 33.4 Å². The Hall–Kier alpha value is -2.36. The molecular formula is C17H22N2O2. The summed E-state index contributed by atoms with van der Waals surface area (Å²) >= 11 is 0. The van der Waals surface area contributed by atoms with E-state index in [2.05, 4.69) is 0 Å². The molecule has 0 aliphatic heterocycles. The van der Waals surface area contributed by atoms with Gasteiger partial charge < -0.3 is 21.7 Å². The monoisotopic (exact) mass is 286 g/mol. The van der Waals surface area contributed by atoms with Crippen molar-refractivity contribution in [1.29, 1.82) is 0 Å². The molecule has 112 valence electrons. The van der Waals surface area contributed by atoms with Crippen LogP contribution in [0.1, 0.15) is 33.4 Å². The second kappa shape index (κ2) is 5.20. The maximum atomic E-state index is 9.88. The van der Waals surface area contributed by atoms with Crippen molar-refractivity contribution in [3.63, 3.8) is 0 Å². The normalized spacial score (nSPS) is 10.9. The standard InChI is InChI=1S/C17H22N2O2/c1-8-5-12(10(3)14(18)16(8)20)7-13-6-9(2)17(21)15(19)11(13)4/h5-6,20-21H,7,18-19H2,1-4H3. The first-order valence-corrected chi connectivity index (χ1v) is 6.89. The maximum absolute atomic E-state index is 9.88. The predicted molar refractivity (Wildman–Crippen MR) is 86.8 cm³/mol. The molecule has 0 heterocycles. The summed E-state index contributed by atoms with van der Waals surface area (Å²) in [5, 5.41) is 19.8. The number of nitrogen functional groups attached to an aromatic ring is 2. The minimum atomic E-state index is 0.148. The summed E-state index contributed by atoms with van der Waals surface area (Å²) in [7, 11) is 0. The lowest BCUT2D eigenvalue weighted by atomic mass is 9.92. The Morgan fingerprint density at radius 2 is 1.10 bits per heavy atom. The number of hydrogen-bond donors (Lipinski definition) is 4. The van der Waals surface area contributed by atoms with E-state index < -0.39 is 0 Å². The van der Waals surface area contributed by atoms with Crippen LogP contribution in [0, 0.1) is 27.7 Å². The molecule has 0 aliphatic carbocycles. The first-order valence-electron chi connectivity index (χ1n) is 6.89. The Balaban J connectivity index is 2.54. The van der Waals surface area contributed by atoms with E-state index in [4.69, 9.17) is 11.5 Å². The fraction of sp³-hybridized carbons (Fsp3) is 0.294. The third kappa shape index (κ3) is 2.49. The van der Waals surface area contributed by atoms with Crippen LogP contribution in [-0.4, -0.2) is 10.2 Å². The molecule has 0 saturated carbocycles. The lowest BCUT2D eigenvalue weighted by molar-refractivity contribution is 0.473. The molecule has 4 nitrogen and oxygen atoms in total. The van der Waals surface area contributed by atoms with E-state index in [1.54, 1.807) is 0 Å². The number of aromatic hydroxyl groups is 2.